The van der Waals surface area contributed by atoms with Crippen molar-refractivity contribution in [3.8, 4) is 16.9 Å². The molecule has 0 fully saturated rings. The Morgan fingerprint density at radius 1 is 1.03 bits per heavy atom. The number of hydrogen-bond acceptors (Lipinski definition) is 4. The maximum Gasteiger partial charge on any atom is 0.315 e. The lowest BCUT2D eigenvalue weighted by Gasteiger charge is -2.05. The molecule has 0 atom stereocenters. The number of hydrogen-bond donors (Lipinski definition) is 0. The third-order valence-electron chi connectivity index (χ3n) is 4.49. The molecule has 0 spiro atoms. The first-order chi connectivity index (χ1) is 14.0. The average molecular weight is 422 g/mol. The van der Waals surface area contributed by atoms with Crippen molar-refractivity contribution in [2.45, 2.75) is 0 Å². The standard InChI is InChI=1S/C23H16ClNO3S/c1-28-19-9-6-16(7-10-19)17-4-2-3-15(13-17)5-12-22(26)25-20-11-8-18(24)14-21(20)29-23(25)27/h2-14H,1H3/b12-5+. The molecule has 0 N–H and O–H groups in total. The third kappa shape index (κ3) is 4.01. The maximum absolute atomic E-state index is 12.7. The van der Waals surface area contributed by atoms with Crippen LogP contribution in [-0.2, 0) is 0 Å². The van der Waals surface area contributed by atoms with E-state index < -0.39 is 5.91 Å². The minimum Gasteiger partial charge on any atom is -0.497 e. The average Bonchev–Trinajstić information content (AvgIpc) is 3.07. The van der Waals surface area contributed by atoms with Gasteiger partial charge in [-0.1, -0.05) is 53.3 Å². The van der Waals surface area contributed by atoms with Crippen LogP contribution in [0.25, 0.3) is 27.4 Å². The fraction of sp³-hybridized carbons (Fsp3) is 0.0435. The van der Waals surface area contributed by atoms with Gasteiger partial charge in [0.05, 0.1) is 17.3 Å². The highest BCUT2D eigenvalue weighted by molar-refractivity contribution is 7.16. The summed E-state index contributed by atoms with van der Waals surface area (Å²) >= 11 is 6.98. The Morgan fingerprint density at radius 3 is 2.59 bits per heavy atom. The molecule has 0 radical (unpaired) electrons. The van der Waals surface area contributed by atoms with Crippen molar-refractivity contribution in [1.82, 2.24) is 4.57 Å². The monoisotopic (exact) mass is 421 g/mol. The molecular formula is C23H16ClNO3S. The molecule has 4 aromatic rings. The Labute approximate surface area is 176 Å². The molecule has 29 heavy (non-hydrogen) atoms. The Bertz CT molecular complexity index is 1290. The van der Waals surface area contributed by atoms with E-state index in [1.54, 1.807) is 31.4 Å². The van der Waals surface area contributed by atoms with E-state index in [1.165, 1.54) is 10.6 Å². The molecular weight excluding hydrogens is 406 g/mol. The van der Waals surface area contributed by atoms with Gasteiger partial charge in [0.25, 0.3) is 5.91 Å². The number of carbonyl (C=O) groups excluding carboxylic acids is 1. The van der Waals surface area contributed by atoms with E-state index in [4.69, 9.17) is 16.3 Å². The zero-order valence-corrected chi connectivity index (χ0v) is 17.0. The van der Waals surface area contributed by atoms with Crippen molar-refractivity contribution < 1.29 is 9.53 Å². The molecule has 0 bridgehead atoms. The molecule has 0 unspecified atom stereocenters. The minimum absolute atomic E-state index is 0.330. The van der Waals surface area contributed by atoms with Gasteiger partial charge in [0.15, 0.2) is 0 Å². The summed E-state index contributed by atoms with van der Waals surface area (Å²) in [5.41, 5.74) is 3.49. The first-order valence-electron chi connectivity index (χ1n) is 8.83. The molecule has 0 aliphatic carbocycles. The van der Waals surface area contributed by atoms with Gasteiger partial charge in [0.2, 0.25) is 0 Å². The van der Waals surface area contributed by atoms with Crippen LogP contribution < -0.4 is 9.61 Å². The molecule has 144 valence electrons. The lowest BCUT2D eigenvalue weighted by atomic mass is 10.0. The number of ether oxygens (including phenoxy) is 1. The minimum atomic E-state index is -0.390. The summed E-state index contributed by atoms with van der Waals surface area (Å²) in [7, 11) is 1.63. The molecule has 1 heterocycles. The molecule has 0 aliphatic heterocycles. The van der Waals surface area contributed by atoms with Crippen LogP contribution >= 0.6 is 22.9 Å². The number of fused-ring (bicyclic) bond motifs is 1. The van der Waals surface area contributed by atoms with Gasteiger partial charge in [-0.15, -0.1) is 0 Å². The summed E-state index contributed by atoms with van der Waals surface area (Å²) in [4.78, 5) is 24.6. The van der Waals surface area contributed by atoms with Crippen LogP contribution in [0.2, 0.25) is 5.02 Å². The maximum atomic E-state index is 12.7. The second kappa shape index (κ2) is 8.07. The molecule has 3 aromatic carbocycles. The van der Waals surface area contributed by atoms with Crippen molar-refractivity contribution in [2.75, 3.05) is 7.11 Å². The van der Waals surface area contributed by atoms with E-state index in [9.17, 15) is 9.59 Å². The van der Waals surface area contributed by atoms with Crippen molar-refractivity contribution in [3.63, 3.8) is 0 Å². The van der Waals surface area contributed by atoms with Crippen LogP contribution in [0.5, 0.6) is 5.75 Å². The SMILES string of the molecule is COc1ccc(-c2cccc(/C=C/C(=O)n3c(=O)sc4cc(Cl)ccc43)c2)cc1. The predicted octanol–water partition coefficient (Wildman–Crippen LogP) is 5.75. The molecule has 1 aromatic heterocycles. The number of benzene rings is 3. The van der Waals surface area contributed by atoms with Crippen molar-refractivity contribution in [1.29, 1.82) is 0 Å². The normalized spacial score (nSPS) is 11.2. The fourth-order valence-corrected chi connectivity index (χ4v) is 4.20. The first kappa shape index (κ1) is 19.2. The zero-order chi connectivity index (χ0) is 20.4. The van der Waals surface area contributed by atoms with Crippen LogP contribution in [0.15, 0.2) is 77.6 Å². The van der Waals surface area contributed by atoms with Gasteiger partial charge in [-0.2, -0.15) is 0 Å². The number of carbonyl (C=O) groups is 1. The van der Waals surface area contributed by atoms with Crippen LogP contribution in [0.3, 0.4) is 0 Å². The summed E-state index contributed by atoms with van der Waals surface area (Å²) < 4.78 is 7.05. The molecule has 4 nitrogen and oxygen atoms in total. The largest absolute Gasteiger partial charge is 0.497 e. The van der Waals surface area contributed by atoms with Gasteiger partial charge in [-0.25, -0.2) is 4.57 Å². The fourth-order valence-electron chi connectivity index (χ4n) is 3.05. The van der Waals surface area contributed by atoms with Gasteiger partial charge < -0.3 is 4.74 Å². The lowest BCUT2D eigenvalue weighted by molar-refractivity contribution is 0.0972. The number of allylic oxidation sites excluding steroid dienone is 1. The molecule has 0 saturated heterocycles. The number of nitrogens with zero attached hydrogens (tertiary/aromatic N) is 1. The number of rotatable bonds is 4. The summed E-state index contributed by atoms with van der Waals surface area (Å²) in [5, 5.41) is 0.532. The molecule has 4 rings (SSSR count). The molecule has 0 saturated carbocycles. The third-order valence-corrected chi connectivity index (χ3v) is 5.63. The van der Waals surface area contributed by atoms with Gasteiger partial charge >= 0.3 is 4.87 Å². The van der Waals surface area contributed by atoms with E-state index in [1.807, 2.05) is 48.5 Å². The number of aromatic nitrogens is 1. The Morgan fingerprint density at radius 2 is 1.83 bits per heavy atom. The second-order valence-corrected chi connectivity index (χ2v) is 7.77. The summed E-state index contributed by atoms with van der Waals surface area (Å²) in [6, 6.07) is 20.6. The van der Waals surface area contributed by atoms with E-state index >= 15 is 0 Å². The van der Waals surface area contributed by atoms with Crippen LogP contribution in [0.1, 0.15) is 10.4 Å². The van der Waals surface area contributed by atoms with Crippen LogP contribution in [0, 0.1) is 0 Å². The van der Waals surface area contributed by atoms with Crippen molar-refractivity contribution in [2.24, 2.45) is 0 Å². The van der Waals surface area contributed by atoms with E-state index in [0.29, 0.717) is 15.2 Å². The highest BCUT2D eigenvalue weighted by atomic mass is 35.5. The first-order valence-corrected chi connectivity index (χ1v) is 10.0. The van der Waals surface area contributed by atoms with E-state index in [0.717, 1.165) is 33.8 Å². The second-order valence-electron chi connectivity index (χ2n) is 6.34. The van der Waals surface area contributed by atoms with Gasteiger partial charge in [-0.3, -0.25) is 9.59 Å². The van der Waals surface area contributed by atoms with Crippen LogP contribution in [-0.4, -0.2) is 17.6 Å². The van der Waals surface area contributed by atoms with Gasteiger partial charge in [-0.05, 0) is 59.2 Å². The molecule has 6 heteroatoms. The Kier molecular flexibility index (Phi) is 5.34. The summed E-state index contributed by atoms with van der Waals surface area (Å²) in [6.45, 7) is 0. The van der Waals surface area contributed by atoms with Crippen molar-refractivity contribution >= 4 is 45.1 Å². The number of methoxy groups -OCH3 is 1. The Hall–Kier alpha value is -3.15. The lowest BCUT2D eigenvalue weighted by Crippen LogP contribution is -2.19. The smallest absolute Gasteiger partial charge is 0.315 e. The topological polar surface area (TPSA) is 48.3 Å². The Balaban J connectivity index is 1.62. The zero-order valence-electron chi connectivity index (χ0n) is 15.5. The quantitative estimate of drug-likeness (QED) is 0.394. The van der Waals surface area contributed by atoms with Crippen molar-refractivity contribution in [3.05, 3.63) is 93.1 Å². The molecule has 0 amide bonds. The van der Waals surface area contributed by atoms with Crippen LogP contribution in [0.4, 0.5) is 0 Å². The van der Waals surface area contributed by atoms with Gasteiger partial charge in [0.1, 0.15) is 5.75 Å². The van der Waals surface area contributed by atoms with E-state index in [-0.39, 0.29) is 4.87 Å². The summed E-state index contributed by atoms with van der Waals surface area (Å²) in [5.74, 6) is 0.406. The van der Waals surface area contributed by atoms with Gasteiger partial charge in [0, 0.05) is 11.1 Å². The highest BCUT2D eigenvalue weighted by Gasteiger charge is 2.12. The highest BCUT2D eigenvalue weighted by Crippen LogP contribution is 2.24. The predicted molar refractivity (Wildman–Crippen MR) is 119 cm³/mol. The summed E-state index contributed by atoms with van der Waals surface area (Å²) in [6.07, 6.45) is 3.12. The van der Waals surface area contributed by atoms with E-state index in [2.05, 4.69) is 0 Å². The molecule has 0 aliphatic rings. The number of halogens is 1. The number of thiazole rings is 1.